The first-order chi connectivity index (χ1) is 12.0. The summed E-state index contributed by atoms with van der Waals surface area (Å²) in [6.45, 7) is 11.7. The van der Waals surface area contributed by atoms with Crippen LogP contribution < -0.4 is 5.32 Å². The summed E-state index contributed by atoms with van der Waals surface area (Å²) in [5.74, 6) is 2.57. The number of allylic oxidation sites excluding steroid dienone is 3. The van der Waals surface area contributed by atoms with Crippen molar-refractivity contribution in [3.05, 3.63) is 53.1 Å². The van der Waals surface area contributed by atoms with Gasteiger partial charge in [-0.15, -0.1) is 0 Å². The van der Waals surface area contributed by atoms with Crippen LogP contribution in [0.15, 0.2) is 42.0 Å². The van der Waals surface area contributed by atoms with Gasteiger partial charge in [0.2, 0.25) is 0 Å². The Kier molecular flexibility index (Phi) is 5.71. The van der Waals surface area contributed by atoms with Crippen molar-refractivity contribution in [1.82, 2.24) is 0 Å². The number of hydrogen-bond donors (Lipinski definition) is 1. The highest BCUT2D eigenvalue weighted by atomic mass is 15.0. The normalized spacial score (nSPS) is 28.5. The standard InChI is InChI=1S/C24H35N/c1-6-7-11-21-18(5)22-15-19(16(2)3)13-14-23(22)25-24(21)20-12-9-8-10-17(20)4/h8-10,13-16,18,20-21,24-25H,6-7,11-12H2,1-5H3/t18-,20?,21+,24-/m0/s1. The van der Waals surface area contributed by atoms with Crippen molar-refractivity contribution in [2.75, 3.05) is 5.32 Å². The van der Waals surface area contributed by atoms with Crippen LogP contribution in [0, 0.1) is 11.8 Å². The molecule has 0 spiro atoms. The molecule has 1 aliphatic carbocycles. The number of nitrogens with one attached hydrogen (secondary N) is 1. The molecule has 1 heterocycles. The minimum absolute atomic E-state index is 0.556. The fourth-order valence-corrected chi connectivity index (χ4v) is 4.73. The Bertz CT molecular complexity index is 652. The van der Waals surface area contributed by atoms with Gasteiger partial charge in [0.25, 0.3) is 0 Å². The molecule has 1 nitrogen and oxygen atoms in total. The molecule has 2 aliphatic rings. The summed E-state index contributed by atoms with van der Waals surface area (Å²) in [4.78, 5) is 0. The number of anilines is 1. The molecule has 0 saturated carbocycles. The molecular weight excluding hydrogens is 302 g/mol. The minimum Gasteiger partial charge on any atom is -0.381 e. The van der Waals surface area contributed by atoms with Gasteiger partial charge >= 0.3 is 0 Å². The maximum absolute atomic E-state index is 3.98. The zero-order valence-corrected chi connectivity index (χ0v) is 16.7. The van der Waals surface area contributed by atoms with Crippen molar-refractivity contribution >= 4 is 5.69 Å². The Morgan fingerprint density at radius 1 is 1.24 bits per heavy atom. The van der Waals surface area contributed by atoms with Crippen LogP contribution in [0.1, 0.15) is 83.3 Å². The molecule has 0 saturated heterocycles. The van der Waals surface area contributed by atoms with Gasteiger partial charge < -0.3 is 5.32 Å². The van der Waals surface area contributed by atoms with Crippen LogP contribution in [-0.4, -0.2) is 6.04 Å². The quantitative estimate of drug-likeness (QED) is 0.607. The lowest BCUT2D eigenvalue weighted by molar-refractivity contribution is 0.285. The number of hydrogen-bond acceptors (Lipinski definition) is 1. The molecule has 0 bridgehead atoms. The largest absolute Gasteiger partial charge is 0.381 e. The summed E-state index contributed by atoms with van der Waals surface area (Å²) in [6.07, 6.45) is 12.0. The van der Waals surface area contributed by atoms with Crippen molar-refractivity contribution in [3.63, 3.8) is 0 Å². The second-order valence-electron chi connectivity index (χ2n) is 8.45. The van der Waals surface area contributed by atoms with E-state index in [0.29, 0.717) is 23.8 Å². The van der Waals surface area contributed by atoms with Gasteiger partial charge in [0, 0.05) is 17.6 Å². The third-order valence-electron chi connectivity index (χ3n) is 6.45. The molecule has 1 aromatic rings. The van der Waals surface area contributed by atoms with Crippen LogP contribution in [0.25, 0.3) is 0 Å². The lowest BCUT2D eigenvalue weighted by atomic mass is 9.69. The van der Waals surface area contributed by atoms with Gasteiger partial charge in [0.05, 0.1) is 0 Å². The highest BCUT2D eigenvalue weighted by molar-refractivity contribution is 5.58. The third-order valence-corrected chi connectivity index (χ3v) is 6.45. The van der Waals surface area contributed by atoms with E-state index < -0.39 is 0 Å². The molecule has 136 valence electrons. The molecule has 0 radical (unpaired) electrons. The molecule has 0 aromatic heterocycles. The van der Waals surface area contributed by atoms with Gasteiger partial charge in [-0.1, -0.05) is 76.5 Å². The second kappa shape index (κ2) is 7.81. The van der Waals surface area contributed by atoms with E-state index in [1.807, 2.05) is 0 Å². The maximum Gasteiger partial charge on any atom is 0.0378 e. The first-order valence-corrected chi connectivity index (χ1v) is 10.3. The van der Waals surface area contributed by atoms with Gasteiger partial charge in [-0.3, -0.25) is 0 Å². The fourth-order valence-electron chi connectivity index (χ4n) is 4.73. The Hall–Kier alpha value is -1.50. The van der Waals surface area contributed by atoms with E-state index in [1.165, 1.54) is 48.1 Å². The molecule has 25 heavy (non-hydrogen) atoms. The van der Waals surface area contributed by atoms with Crippen LogP contribution in [0.2, 0.25) is 0 Å². The zero-order valence-electron chi connectivity index (χ0n) is 16.7. The Morgan fingerprint density at radius 3 is 2.72 bits per heavy atom. The maximum atomic E-state index is 3.98. The van der Waals surface area contributed by atoms with E-state index in [4.69, 9.17) is 0 Å². The highest BCUT2D eigenvalue weighted by Crippen LogP contribution is 2.45. The molecule has 4 atom stereocenters. The van der Waals surface area contributed by atoms with Gasteiger partial charge in [-0.2, -0.15) is 0 Å². The van der Waals surface area contributed by atoms with E-state index >= 15 is 0 Å². The summed E-state index contributed by atoms with van der Waals surface area (Å²) < 4.78 is 0. The first-order valence-electron chi connectivity index (χ1n) is 10.3. The van der Waals surface area contributed by atoms with Crippen molar-refractivity contribution in [2.45, 2.75) is 78.2 Å². The lowest BCUT2D eigenvalue weighted by Gasteiger charge is -2.44. The molecule has 1 unspecified atom stereocenters. The summed E-state index contributed by atoms with van der Waals surface area (Å²) in [6, 6.07) is 7.68. The second-order valence-corrected chi connectivity index (χ2v) is 8.45. The Morgan fingerprint density at radius 2 is 2.04 bits per heavy atom. The van der Waals surface area contributed by atoms with E-state index in [1.54, 1.807) is 0 Å². The van der Waals surface area contributed by atoms with Crippen molar-refractivity contribution < 1.29 is 0 Å². The predicted octanol–water partition coefficient (Wildman–Crippen LogP) is 7.04. The topological polar surface area (TPSA) is 12.0 Å². The summed E-state index contributed by atoms with van der Waals surface area (Å²) in [7, 11) is 0. The number of rotatable bonds is 5. The van der Waals surface area contributed by atoms with Gasteiger partial charge in [-0.25, -0.2) is 0 Å². The fraction of sp³-hybridized carbons (Fsp3) is 0.583. The monoisotopic (exact) mass is 337 g/mol. The van der Waals surface area contributed by atoms with Gasteiger partial charge in [0.1, 0.15) is 0 Å². The van der Waals surface area contributed by atoms with E-state index in [9.17, 15) is 0 Å². The minimum atomic E-state index is 0.556. The van der Waals surface area contributed by atoms with E-state index in [-0.39, 0.29) is 0 Å². The number of benzene rings is 1. The molecule has 1 aliphatic heterocycles. The first kappa shape index (κ1) is 18.3. The van der Waals surface area contributed by atoms with Crippen molar-refractivity contribution in [1.29, 1.82) is 0 Å². The molecule has 0 fully saturated rings. The highest BCUT2D eigenvalue weighted by Gasteiger charge is 2.38. The molecule has 0 amide bonds. The molecule has 1 N–H and O–H groups in total. The number of fused-ring (bicyclic) bond motifs is 1. The van der Waals surface area contributed by atoms with Crippen LogP contribution in [0.3, 0.4) is 0 Å². The van der Waals surface area contributed by atoms with Crippen molar-refractivity contribution in [2.24, 2.45) is 11.8 Å². The van der Waals surface area contributed by atoms with Crippen molar-refractivity contribution in [3.8, 4) is 0 Å². The average molecular weight is 338 g/mol. The van der Waals surface area contributed by atoms with Gasteiger partial charge in [-0.05, 0) is 54.7 Å². The van der Waals surface area contributed by atoms with Crippen LogP contribution >= 0.6 is 0 Å². The summed E-state index contributed by atoms with van der Waals surface area (Å²) in [5.41, 5.74) is 5.92. The number of unbranched alkanes of at least 4 members (excludes halogenated alkanes) is 1. The summed E-state index contributed by atoms with van der Waals surface area (Å²) >= 11 is 0. The van der Waals surface area contributed by atoms with Crippen LogP contribution in [-0.2, 0) is 0 Å². The van der Waals surface area contributed by atoms with Crippen LogP contribution in [0.5, 0.6) is 0 Å². The van der Waals surface area contributed by atoms with E-state index in [2.05, 4.69) is 76.4 Å². The average Bonchev–Trinajstić information content (AvgIpc) is 2.61. The lowest BCUT2D eigenvalue weighted by Crippen LogP contribution is -2.43. The predicted molar refractivity (Wildman–Crippen MR) is 110 cm³/mol. The van der Waals surface area contributed by atoms with Crippen LogP contribution in [0.4, 0.5) is 5.69 Å². The Balaban J connectivity index is 1.95. The zero-order chi connectivity index (χ0) is 18.0. The molecule has 1 heteroatoms. The Labute approximate surface area is 154 Å². The molecule has 1 aromatic carbocycles. The SMILES string of the molecule is CCCC[C@@H]1[C@H](C)c2cc(C(C)C)ccc2N[C@H]1C1CC=CC=C1C. The molecular formula is C24H35N. The van der Waals surface area contributed by atoms with E-state index in [0.717, 1.165) is 5.92 Å². The third kappa shape index (κ3) is 3.71. The molecule has 3 rings (SSSR count). The van der Waals surface area contributed by atoms with Gasteiger partial charge in [0.15, 0.2) is 0 Å². The smallest absolute Gasteiger partial charge is 0.0378 e. The summed E-state index contributed by atoms with van der Waals surface area (Å²) in [5, 5.41) is 3.98.